The van der Waals surface area contributed by atoms with Crippen LogP contribution in [0.3, 0.4) is 0 Å². The molecule has 1 saturated heterocycles. The molecule has 3 N–H and O–H groups in total. The first-order valence-electron chi connectivity index (χ1n) is 8.12. The van der Waals surface area contributed by atoms with E-state index in [1.807, 2.05) is 6.07 Å². The van der Waals surface area contributed by atoms with Crippen LogP contribution in [0.4, 0.5) is 4.79 Å². The van der Waals surface area contributed by atoms with Crippen LogP contribution in [0.5, 0.6) is 5.75 Å². The highest BCUT2D eigenvalue weighted by Crippen LogP contribution is 2.28. The van der Waals surface area contributed by atoms with Gasteiger partial charge in [0.15, 0.2) is 0 Å². The van der Waals surface area contributed by atoms with Crippen molar-refractivity contribution in [3.05, 3.63) is 47.3 Å². The number of nitrogens with zero attached hydrogens (tertiary/aromatic N) is 2. The fourth-order valence-electron chi connectivity index (χ4n) is 3.11. The molecule has 1 atom stereocenters. The Labute approximate surface area is 154 Å². The van der Waals surface area contributed by atoms with Crippen LogP contribution in [0, 0.1) is 11.8 Å². The molecule has 27 heavy (non-hydrogen) atoms. The summed E-state index contributed by atoms with van der Waals surface area (Å²) in [6.07, 6.45) is 3.07. The number of nitrogens with one attached hydrogen (secondary N) is 3. The van der Waals surface area contributed by atoms with Crippen molar-refractivity contribution in [3.8, 4) is 17.6 Å². The third kappa shape index (κ3) is 2.87. The molecule has 4 amide bonds. The van der Waals surface area contributed by atoms with Gasteiger partial charge in [-0.25, -0.2) is 4.79 Å². The summed E-state index contributed by atoms with van der Waals surface area (Å²) in [4.78, 5) is 38.5. The Balaban J connectivity index is 1.64. The van der Waals surface area contributed by atoms with Gasteiger partial charge in [-0.05, 0) is 17.7 Å². The Bertz CT molecular complexity index is 1000. The lowest BCUT2D eigenvalue weighted by Gasteiger charge is -2.26. The predicted octanol–water partition coefficient (Wildman–Crippen LogP) is 0.00400. The standard InChI is InChI=1S/C18H15N5O4/c1-27-13-3-2-12-9-23(15(24)14(12)6-13)10-18(16(25)21-17(26)22-18)5-4-11-7-19-20-8-11/h2-3,6-8H,9-10H2,1H3,(H,19,20)(H2,21,22,25,26)/t18-/m1/s1. The number of fused-ring (bicyclic) bond motifs is 1. The molecule has 0 unspecified atom stereocenters. The lowest BCUT2D eigenvalue weighted by atomic mass is 9.99. The average molecular weight is 365 g/mol. The van der Waals surface area contributed by atoms with Crippen LogP contribution >= 0.6 is 0 Å². The summed E-state index contributed by atoms with van der Waals surface area (Å²) in [5.74, 6) is 5.35. The van der Waals surface area contributed by atoms with Crippen LogP contribution in [0.15, 0.2) is 30.6 Å². The molecule has 3 heterocycles. The first-order chi connectivity index (χ1) is 13.0. The van der Waals surface area contributed by atoms with Crippen molar-refractivity contribution in [2.75, 3.05) is 13.7 Å². The topological polar surface area (TPSA) is 116 Å². The second kappa shape index (κ2) is 6.17. The van der Waals surface area contributed by atoms with E-state index in [1.165, 1.54) is 18.2 Å². The smallest absolute Gasteiger partial charge is 0.323 e. The first kappa shape index (κ1) is 16.7. The van der Waals surface area contributed by atoms with Crippen molar-refractivity contribution in [2.24, 2.45) is 0 Å². The van der Waals surface area contributed by atoms with Crippen LogP contribution in [-0.4, -0.2) is 52.1 Å². The maximum absolute atomic E-state index is 12.8. The largest absolute Gasteiger partial charge is 0.497 e. The first-order valence-corrected chi connectivity index (χ1v) is 8.12. The number of aromatic amines is 1. The molecule has 2 aliphatic heterocycles. The Morgan fingerprint density at radius 1 is 1.33 bits per heavy atom. The number of H-pyrrole nitrogens is 1. The summed E-state index contributed by atoms with van der Waals surface area (Å²) in [6, 6.07) is 4.60. The number of amides is 4. The normalized spacial score (nSPS) is 20.6. The SMILES string of the molecule is COc1ccc2c(c1)C(=O)N(C[C@@]1(C#Cc3cn[nH]c3)NC(=O)NC1=O)C2. The fourth-order valence-corrected chi connectivity index (χ4v) is 3.11. The summed E-state index contributed by atoms with van der Waals surface area (Å²) in [7, 11) is 1.53. The molecule has 0 radical (unpaired) electrons. The fraction of sp³-hybridized carbons (Fsp3) is 0.222. The monoisotopic (exact) mass is 365 g/mol. The second-order valence-electron chi connectivity index (χ2n) is 6.23. The summed E-state index contributed by atoms with van der Waals surface area (Å²) >= 11 is 0. The van der Waals surface area contributed by atoms with Gasteiger partial charge in [-0.2, -0.15) is 5.10 Å². The molecule has 4 rings (SSSR count). The molecule has 0 aliphatic carbocycles. The zero-order valence-electron chi connectivity index (χ0n) is 14.3. The molecular formula is C18H15N5O4. The highest BCUT2D eigenvalue weighted by atomic mass is 16.5. The van der Waals surface area contributed by atoms with Crippen LogP contribution in [0.2, 0.25) is 0 Å². The number of carbonyl (C=O) groups is 3. The quantitative estimate of drug-likeness (QED) is 0.523. The van der Waals surface area contributed by atoms with E-state index in [9.17, 15) is 14.4 Å². The van der Waals surface area contributed by atoms with Gasteiger partial charge in [0.1, 0.15) is 5.75 Å². The number of aromatic nitrogens is 2. The van der Waals surface area contributed by atoms with E-state index >= 15 is 0 Å². The van der Waals surface area contributed by atoms with Crippen molar-refractivity contribution >= 4 is 17.8 Å². The molecule has 0 bridgehead atoms. The minimum atomic E-state index is -1.53. The lowest BCUT2D eigenvalue weighted by molar-refractivity contribution is -0.122. The van der Waals surface area contributed by atoms with Gasteiger partial charge in [0, 0.05) is 18.3 Å². The van der Waals surface area contributed by atoms with Crippen molar-refractivity contribution in [3.63, 3.8) is 0 Å². The molecule has 9 nitrogen and oxygen atoms in total. The molecule has 2 aliphatic rings. The molecule has 1 aromatic heterocycles. The van der Waals surface area contributed by atoms with Crippen LogP contribution in [0.25, 0.3) is 0 Å². The molecule has 1 fully saturated rings. The zero-order valence-corrected chi connectivity index (χ0v) is 14.3. The van der Waals surface area contributed by atoms with E-state index in [1.54, 1.807) is 18.3 Å². The van der Waals surface area contributed by atoms with Gasteiger partial charge >= 0.3 is 6.03 Å². The maximum atomic E-state index is 12.8. The number of methoxy groups -OCH3 is 1. The predicted molar refractivity (Wildman–Crippen MR) is 92.6 cm³/mol. The summed E-state index contributed by atoms with van der Waals surface area (Å²) in [5, 5.41) is 11.2. The Hall–Kier alpha value is -3.80. The van der Waals surface area contributed by atoms with E-state index in [4.69, 9.17) is 4.74 Å². The Morgan fingerprint density at radius 2 is 2.19 bits per heavy atom. The van der Waals surface area contributed by atoms with Gasteiger partial charge in [-0.15, -0.1) is 0 Å². The van der Waals surface area contributed by atoms with Gasteiger partial charge in [-0.1, -0.05) is 17.9 Å². The Morgan fingerprint density at radius 3 is 2.85 bits per heavy atom. The molecule has 0 saturated carbocycles. The molecule has 1 aromatic carbocycles. The molecular weight excluding hydrogens is 350 g/mol. The van der Waals surface area contributed by atoms with Crippen molar-refractivity contribution in [1.82, 2.24) is 25.7 Å². The Kier molecular flexibility index (Phi) is 3.81. The van der Waals surface area contributed by atoms with E-state index in [-0.39, 0.29) is 12.5 Å². The van der Waals surface area contributed by atoms with Gasteiger partial charge in [0.2, 0.25) is 5.54 Å². The van der Waals surface area contributed by atoms with E-state index in [0.717, 1.165) is 5.56 Å². The van der Waals surface area contributed by atoms with Crippen LogP contribution < -0.4 is 15.4 Å². The van der Waals surface area contributed by atoms with E-state index in [2.05, 4.69) is 32.7 Å². The molecule has 9 heteroatoms. The third-order valence-corrected chi connectivity index (χ3v) is 4.48. The molecule has 0 spiro atoms. The number of hydrogen-bond donors (Lipinski definition) is 3. The number of carbonyl (C=O) groups excluding carboxylic acids is 3. The maximum Gasteiger partial charge on any atom is 0.323 e. The molecule has 136 valence electrons. The van der Waals surface area contributed by atoms with Gasteiger partial charge < -0.3 is 15.0 Å². The number of benzene rings is 1. The number of ether oxygens (including phenoxy) is 1. The number of rotatable bonds is 3. The van der Waals surface area contributed by atoms with Crippen molar-refractivity contribution < 1.29 is 19.1 Å². The number of urea groups is 1. The van der Waals surface area contributed by atoms with Gasteiger partial charge in [0.25, 0.3) is 11.8 Å². The summed E-state index contributed by atoms with van der Waals surface area (Å²) < 4.78 is 5.16. The summed E-state index contributed by atoms with van der Waals surface area (Å²) in [5.41, 5.74) is 0.362. The minimum absolute atomic E-state index is 0.0781. The van der Waals surface area contributed by atoms with Crippen molar-refractivity contribution in [1.29, 1.82) is 0 Å². The molecule has 2 aromatic rings. The minimum Gasteiger partial charge on any atom is -0.497 e. The van der Waals surface area contributed by atoms with Gasteiger partial charge in [0.05, 0.1) is 25.4 Å². The number of imide groups is 1. The zero-order chi connectivity index (χ0) is 19.0. The highest BCUT2D eigenvalue weighted by molar-refractivity contribution is 6.10. The average Bonchev–Trinajstić information content (AvgIpc) is 3.34. The van der Waals surface area contributed by atoms with Crippen LogP contribution in [0.1, 0.15) is 21.5 Å². The highest BCUT2D eigenvalue weighted by Gasteiger charge is 2.48. The summed E-state index contributed by atoms with van der Waals surface area (Å²) in [6.45, 7) is 0.238. The number of hydrogen-bond acceptors (Lipinski definition) is 5. The van der Waals surface area contributed by atoms with Crippen molar-refractivity contribution in [2.45, 2.75) is 12.1 Å². The third-order valence-electron chi connectivity index (χ3n) is 4.48. The lowest BCUT2D eigenvalue weighted by Crippen LogP contribution is -2.54. The second-order valence-corrected chi connectivity index (χ2v) is 6.23. The van der Waals surface area contributed by atoms with Crippen LogP contribution in [-0.2, 0) is 11.3 Å². The van der Waals surface area contributed by atoms with E-state index in [0.29, 0.717) is 23.4 Å². The van der Waals surface area contributed by atoms with Gasteiger partial charge in [-0.3, -0.25) is 20.0 Å². The van der Waals surface area contributed by atoms with E-state index < -0.39 is 17.5 Å².